The number of nitrogens with zero attached hydrogens (tertiary/aromatic N) is 1. The molecular formula is C15H16N2O3. The first-order chi connectivity index (χ1) is 9.67. The lowest BCUT2D eigenvalue weighted by Crippen LogP contribution is -2.40. The first-order valence-corrected chi connectivity index (χ1v) is 6.60. The van der Waals surface area contributed by atoms with Gasteiger partial charge in [-0.15, -0.1) is 0 Å². The van der Waals surface area contributed by atoms with Crippen molar-refractivity contribution in [3.05, 3.63) is 35.9 Å². The molecule has 0 spiro atoms. The third kappa shape index (κ3) is 2.32. The number of aromatic nitrogens is 1. The van der Waals surface area contributed by atoms with Gasteiger partial charge in [0, 0.05) is 18.5 Å². The number of hydrogen-bond acceptors (Lipinski definition) is 4. The fourth-order valence-electron chi connectivity index (χ4n) is 2.51. The first-order valence-electron chi connectivity index (χ1n) is 6.60. The highest BCUT2D eigenvalue weighted by Crippen LogP contribution is 2.27. The Labute approximate surface area is 116 Å². The molecule has 0 amide bonds. The van der Waals surface area contributed by atoms with Gasteiger partial charge in [0.15, 0.2) is 0 Å². The highest BCUT2D eigenvalue weighted by molar-refractivity contribution is 6.03. The van der Waals surface area contributed by atoms with Gasteiger partial charge in [-0.2, -0.15) is 0 Å². The van der Waals surface area contributed by atoms with Gasteiger partial charge in [-0.05, 0) is 25.0 Å². The van der Waals surface area contributed by atoms with Crippen LogP contribution in [0.25, 0.3) is 10.9 Å². The predicted octanol–water partition coefficient (Wildman–Crippen LogP) is 2.52. The number of rotatable bonds is 4. The van der Waals surface area contributed by atoms with Crippen LogP contribution in [0.15, 0.2) is 30.3 Å². The number of aromatic carboxylic acids is 1. The normalized spacial score (nSPS) is 21.4. The van der Waals surface area contributed by atoms with Gasteiger partial charge in [-0.3, -0.25) is 0 Å². The molecule has 1 heterocycles. The maximum absolute atomic E-state index is 11.4. The van der Waals surface area contributed by atoms with Crippen LogP contribution in [0, 0.1) is 0 Å². The average molecular weight is 272 g/mol. The number of anilines is 1. The number of pyridine rings is 1. The number of ether oxygens (including phenoxy) is 1. The van der Waals surface area contributed by atoms with Crippen molar-refractivity contribution in [2.75, 3.05) is 12.4 Å². The molecule has 0 atom stereocenters. The Morgan fingerprint density at radius 3 is 2.85 bits per heavy atom. The number of carbonyl (C=O) groups is 1. The Kier molecular flexibility index (Phi) is 3.28. The molecule has 1 aromatic carbocycles. The van der Waals surface area contributed by atoms with Crippen LogP contribution in [-0.4, -0.2) is 35.3 Å². The molecule has 5 heteroatoms. The molecule has 0 saturated heterocycles. The minimum atomic E-state index is -0.935. The van der Waals surface area contributed by atoms with E-state index in [1.54, 1.807) is 19.2 Å². The van der Waals surface area contributed by atoms with Gasteiger partial charge >= 0.3 is 5.97 Å². The van der Waals surface area contributed by atoms with Gasteiger partial charge in [0.2, 0.25) is 0 Å². The number of fused-ring (bicyclic) bond motifs is 1. The van der Waals surface area contributed by atoms with E-state index in [1.165, 1.54) is 0 Å². The number of benzene rings is 1. The molecule has 5 nitrogen and oxygen atoms in total. The number of carboxylic acids is 1. The second-order valence-corrected chi connectivity index (χ2v) is 5.05. The van der Waals surface area contributed by atoms with E-state index >= 15 is 0 Å². The Bertz CT molecular complexity index is 651. The van der Waals surface area contributed by atoms with Crippen molar-refractivity contribution in [1.29, 1.82) is 0 Å². The maximum Gasteiger partial charge on any atom is 0.336 e. The van der Waals surface area contributed by atoms with Crippen LogP contribution in [0.4, 0.5) is 5.82 Å². The van der Waals surface area contributed by atoms with Crippen molar-refractivity contribution in [1.82, 2.24) is 4.98 Å². The van der Waals surface area contributed by atoms with Crippen molar-refractivity contribution in [2.45, 2.75) is 25.0 Å². The third-order valence-corrected chi connectivity index (χ3v) is 3.73. The second kappa shape index (κ2) is 5.09. The lowest BCUT2D eigenvalue weighted by atomic mass is 9.89. The molecule has 0 unspecified atom stereocenters. The van der Waals surface area contributed by atoms with Crippen LogP contribution in [0.1, 0.15) is 23.2 Å². The van der Waals surface area contributed by atoms with E-state index < -0.39 is 5.97 Å². The molecule has 3 rings (SSSR count). The van der Waals surface area contributed by atoms with Crippen molar-refractivity contribution < 1.29 is 14.6 Å². The molecule has 1 aromatic heterocycles. The summed E-state index contributed by atoms with van der Waals surface area (Å²) >= 11 is 0. The van der Waals surface area contributed by atoms with Crippen molar-refractivity contribution in [2.24, 2.45) is 0 Å². The summed E-state index contributed by atoms with van der Waals surface area (Å²) in [7, 11) is 1.71. The monoisotopic (exact) mass is 272 g/mol. The van der Waals surface area contributed by atoms with Crippen LogP contribution in [0.2, 0.25) is 0 Å². The van der Waals surface area contributed by atoms with E-state index in [4.69, 9.17) is 4.74 Å². The average Bonchev–Trinajstić information content (AvgIpc) is 2.41. The van der Waals surface area contributed by atoms with Crippen molar-refractivity contribution in [3.63, 3.8) is 0 Å². The smallest absolute Gasteiger partial charge is 0.336 e. The number of nitrogens with one attached hydrogen (secondary N) is 1. The first kappa shape index (κ1) is 12.9. The standard InChI is InChI=1S/C15H16N2O3/c1-20-10-6-9(7-10)16-14-8-12(15(18)19)11-4-2-3-5-13(11)17-14/h2-5,8-10H,6-7H2,1H3,(H,16,17)(H,18,19). The van der Waals surface area contributed by atoms with E-state index in [9.17, 15) is 9.90 Å². The molecule has 104 valence electrons. The zero-order chi connectivity index (χ0) is 14.1. The van der Waals surface area contributed by atoms with E-state index in [0.29, 0.717) is 28.9 Å². The summed E-state index contributed by atoms with van der Waals surface area (Å²) in [4.78, 5) is 15.8. The summed E-state index contributed by atoms with van der Waals surface area (Å²) < 4.78 is 5.23. The van der Waals surface area contributed by atoms with Gasteiger partial charge in [0.1, 0.15) is 5.82 Å². The molecule has 1 aliphatic carbocycles. The molecule has 1 saturated carbocycles. The fourth-order valence-corrected chi connectivity index (χ4v) is 2.51. The lowest BCUT2D eigenvalue weighted by molar-refractivity contribution is 0.0328. The van der Waals surface area contributed by atoms with Gasteiger partial charge in [0.25, 0.3) is 0 Å². The molecule has 20 heavy (non-hydrogen) atoms. The largest absolute Gasteiger partial charge is 0.478 e. The Hall–Kier alpha value is -2.14. The molecule has 1 aliphatic rings. The number of carboxylic acid groups (broad SMARTS) is 1. The van der Waals surface area contributed by atoms with Crippen molar-refractivity contribution in [3.8, 4) is 0 Å². The molecule has 0 aliphatic heterocycles. The molecule has 2 N–H and O–H groups in total. The predicted molar refractivity (Wildman–Crippen MR) is 76.1 cm³/mol. The molecular weight excluding hydrogens is 256 g/mol. The summed E-state index contributed by atoms with van der Waals surface area (Å²) in [6, 6.07) is 9.18. The lowest BCUT2D eigenvalue weighted by Gasteiger charge is -2.35. The highest BCUT2D eigenvalue weighted by atomic mass is 16.5. The van der Waals surface area contributed by atoms with E-state index in [2.05, 4.69) is 10.3 Å². The Morgan fingerprint density at radius 1 is 1.40 bits per heavy atom. The Balaban J connectivity index is 1.90. The quantitative estimate of drug-likeness (QED) is 0.894. The summed E-state index contributed by atoms with van der Waals surface area (Å²) in [5, 5.41) is 13.3. The second-order valence-electron chi connectivity index (χ2n) is 5.05. The molecule has 0 radical (unpaired) electrons. The minimum absolute atomic E-state index is 0.278. The maximum atomic E-state index is 11.4. The summed E-state index contributed by atoms with van der Waals surface area (Å²) in [6.07, 6.45) is 2.15. The summed E-state index contributed by atoms with van der Waals surface area (Å²) in [6.45, 7) is 0. The van der Waals surface area contributed by atoms with E-state index in [0.717, 1.165) is 12.8 Å². The zero-order valence-electron chi connectivity index (χ0n) is 11.2. The number of hydrogen-bond donors (Lipinski definition) is 2. The van der Waals surface area contributed by atoms with Crippen LogP contribution in [0.3, 0.4) is 0 Å². The van der Waals surface area contributed by atoms with Crippen LogP contribution >= 0.6 is 0 Å². The van der Waals surface area contributed by atoms with Crippen LogP contribution < -0.4 is 5.32 Å². The molecule has 0 bridgehead atoms. The van der Waals surface area contributed by atoms with Gasteiger partial charge in [-0.25, -0.2) is 9.78 Å². The van der Waals surface area contributed by atoms with Gasteiger partial charge in [-0.1, -0.05) is 18.2 Å². The van der Waals surface area contributed by atoms with Gasteiger partial charge < -0.3 is 15.2 Å². The summed E-state index contributed by atoms with van der Waals surface area (Å²) in [5.74, 6) is -0.323. The number of para-hydroxylation sites is 1. The van der Waals surface area contributed by atoms with Crippen LogP contribution in [0.5, 0.6) is 0 Å². The molecule has 1 fully saturated rings. The third-order valence-electron chi connectivity index (χ3n) is 3.73. The minimum Gasteiger partial charge on any atom is -0.478 e. The zero-order valence-corrected chi connectivity index (χ0v) is 11.2. The summed E-state index contributed by atoms with van der Waals surface area (Å²) in [5.41, 5.74) is 0.971. The fraction of sp³-hybridized carbons (Fsp3) is 0.333. The number of methoxy groups -OCH3 is 1. The SMILES string of the molecule is COC1CC(Nc2cc(C(=O)O)c3ccccc3n2)C1. The van der Waals surface area contributed by atoms with E-state index in [-0.39, 0.29) is 5.56 Å². The van der Waals surface area contributed by atoms with Gasteiger partial charge in [0.05, 0.1) is 17.2 Å². The Morgan fingerprint density at radius 2 is 2.15 bits per heavy atom. The van der Waals surface area contributed by atoms with Crippen LogP contribution in [-0.2, 0) is 4.74 Å². The highest BCUT2D eigenvalue weighted by Gasteiger charge is 2.29. The topological polar surface area (TPSA) is 71.5 Å². The van der Waals surface area contributed by atoms with Crippen molar-refractivity contribution >= 4 is 22.7 Å². The molecule has 2 aromatic rings. The van der Waals surface area contributed by atoms with E-state index in [1.807, 2.05) is 18.2 Å².